The van der Waals surface area contributed by atoms with Gasteiger partial charge in [0, 0.05) is 32.7 Å². The van der Waals surface area contributed by atoms with E-state index >= 15 is 0 Å². The number of aryl methyl sites for hydroxylation is 1. The summed E-state index contributed by atoms with van der Waals surface area (Å²) in [5.41, 5.74) is 2.00. The second-order valence-corrected chi connectivity index (χ2v) is 9.27. The van der Waals surface area contributed by atoms with Gasteiger partial charge in [-0.15, -0.1) is 0 Å². The molecule has 0 spiro atoms. The molecule has 0 saturated carbocycles. The molecule has 0 bridgehead atoms. The average molecular weight is 370 g/mol. The Morgan fingerprint density at radius 3 is 2.80 bits per heavy atom. The molecule has 7 nitrogen and oxygen atoms in total. The summed E-state index contributed by atoms with van der Waals surface area (Å²) >= 11 is 0. The second-order valence-electron chi connectivity index (χ2n) is 7.43. The summed E-state index contributed by atoms with van der Waals surface area (Å²) in [6.07, 6.45) is 4.92. The zero-order valence-corrected chi connectivity index (χ0v) is 16.3. The Bertz CT molecular complexity index is 673. The minimum atomic E-state index is -3.18. The molecule has 1 fully saturated rings. The van der Waals surface area contributed by atoms with Gasteiger partial charge in [-0.05, 0) is 44.3 Å². The lowest BCUT2D eigenvalue weighted by atomic mass is 9.97. The van der Waals surface area contributed by atoms with Crippen LogP contribution in [0.5, 0.6) is 0 Å². The van der Waals surface area contributed by atoms with Crippen molar-refractivity contribution in [3.8, 4) is 0 Å². The van der Waals surface area contributed by atoms with Crippen molar-refractivity contribution >= 4 is 10.0 Å². The third-order valence-corrected chi connectivity index (χ3v) is 5.89. The van der Waals surface area contributed by atoms with Crippen LogP contribution < -0.4 is 4.72 Å². The molecule has 1 aromatic rings. The predicted molar refractivity (Wildman–Crippen MR) is 98.6 cm³/mol. The van der Waals surface area contributed by atoms with Gasteiger partial charge in [0.15, 0.2) is 0 Å². The fourth-order valence-electron chi connectivity index (χ4n) is 3.99. The lowest BCUT2D eigenvalue weighted by molar-refractivity contribution is 0.134. The summed E-state index contributed by atoms with van der Waals surface area (Å²) < 4.78 is 27.1. The quantitative estimate of drug-likeness (QED) is 0.806. The molecule has 3 heterocycles. The van der Waals surface area contributed by atoms with Crippen LogP contribution in [0, 0.1) is 5.92 Å². The van der Waals surface area contributed by atoms with Crippen LogP contribution in [0.4, 0.5) is 0 Å². The normalized spacial score (nSPS) is 23.4. The summed E-state index contributed by atoms with van der Waals surface area (Å²) in [5.74, 6) is 0.759. The van der Waals surface area contributed by atoms with Gasteiger partial charge in [-0.3, -0.25) is 9.58 Å². The first-order chi connectivity index (χ1) is 11.9. The number of likely N-dealkylation sites (tertiary alicyclic amines) is 1. The topological polar surface area (TPSA) is 70.5 Å². The van der Waals surface area contributed by atoms with Gasteiger partial charge in [0.2, 0.25) is 10.0 Å². The van der Waals surface area contributed by atoms with Crippen molar-refractivity contribution in [2.45, 2.75) is 45.8 Å². The average Bonchev–Trinajstić information content (AvgIpc) is 2.85. The number of piperidine rings is 1. The van der Waals surface area contributed by atoms with Crippen LogP contribution in [-0.2, 0) is 29.7 Å². The van der Waals surface area contributed by atoms with E-state index in [0.29, 0.717) is 0 Å². The molecule has 8 heteroatoms. The van der Waals surface area contributed by atoms with Gasteiger partial charge in [0.1, 0.15) is 0 Å². The maximum atomic E-state index is 11.3. The van der Waals surface area contributed by atoms with Gasteiger partial charge in [0.05, 0.1) is 24.2 Å². The molecule has 0 amide bonds. The first-order valence-electron chi connectivity index (χ1n) is 9.38. The fraction of sp³-hybridized carbons (Fsp3) is 0.824. The molecule has 1 saturated heterocycles. The second kappa shape index (κ2) is 8.16. The number of hydrogen-bond acceptors (Lipinski definition) is 5. The van der Waals surface area contributed by atoms with Crippen LogP contribution in [-0.4, -0.2) is 67.0 Å². The monoisotopic (exact) mass is 369 g/mol. The van der Waals surface area contributed by atoms with Gasteiger partial charge < -0.3 is 4.90 Å². The maximum Gasteiger partial charge on any atom is 0.209 e. The molecule has 0 radical (unpaired) electrons. The van der Waals surface area contributed by atoms with Crippen molar-refractivity contribution in [3.63, 3.8) is 0 Å². The van der Waals surface area contributed by atoms with Crippen LogP contribution in [0.25, 0.3) is 0 Å². The largest absolute Gasteiger partial charge is 0.303 e. The zero-order chi connectivity index (χ0) is 17.9. The van der Waals surface area contributed by atoms with Crippen LogP contribution >= 0.6 is 0 Å². The number of rotatable bonds is 6. The van der Waals surface area contributed by atoms with Gasteiger partial charge in [-0.1, -0.05) is 6.92 Å². The van der Waals surface area contributed by atoms with Crippen molar-refractivity contribution in [2.24, 2.45) is 5.92 Å². The van der Waals surface area contributed by atoms with Crippen molar-refractivity contribution < 1.29 is 8.42 Å². The summed E-state index contributed by atoms with van der Waals surface area (Å²) in [7, 11) is -3.18. The lowest BCUT2D eigenvalue weighted by Gasteiger charge is -2.34. The highest BCUT2D eigenvalue weighted by atomic mass is 32.2. The summed E-state index contributed by atoms with van der Waals surface area (Å²) in [5, 5.41) is 4.58. The minimum absolute atomic E-state index is 0.271. The highest BCUT2D eigenvalue weighted by Crippen LogP contribution is 2.20. The van der Waals surface area contributed by atoms with Crippen molar-refractivity contribution in [1.29, 1.82) is 0 Å². The number of fused-ring (bicyclic) bond motifs is 1. The maximum absolute atomic E-state index is 11.3. The van der Waals surface area contributed by atoms with E-state index in [2.05, 4.69) is 37.3 Å². The summed E-state index contributed by atoms with van der Waals surface area (Å²) in [6.45, 7) is 10.2. The van der Waals surface area contributed by atoms with E-state index in [1.54, 1.807) is 0 Å². The van der Waals surface area contributed by atoms with E-state index in [1.807, 2.05) is 0 Å². The van der Waals surface area contributed by atoms with Crippen LogP contribution in [0.15, 0.2) is 6.07 Å². The number of nitrogens with one attached hydrogen (secondary N) is 1. The number of hydrogen-bond donors (Lipinski definition) is 1. The Labute approximate surface area is 151 Å². The van der Waals surface area contributed by atoms with Crippen molar-refractivity contribution in [2.75, 3.05) is 39.0 Å². The number of sulfonamides is 1. The molecule has 2 aliphatic heterocycles. The first kappa shape index (κ1) is 18.8. The van der Waals surface area contributed by atoms with E-state index in [1.165, 1.54) is 37.9 Å². The zero-order valence-electron chi connectivity index (χ0n) is 15.4. The standard InChI is InChI=1S/C17H31N5O2S/c1-3-20-7-4-6-15(12-20)13-21-8-5-9-22-17(14-21)10-16(19-22)11-18-25(2,23)24/h10,15,18H,3-9,11-14H2,1-2H3. The lowest BCUT2D eigenvalue weighted by Crippen LogP contribution is -2.40. The number of nitrogens with zero attached hydrogens (tertiary/aromatic N) is 4. The van der Waals surface area contributed by atoms with Crippen LogP contribution in [0.3, 0.4) is 0 Å². The third-order valence-electron chi connectivity index (χ3n) is 5.23. The van der Waals surface area contributed by atoms with Crippen molar-refractivity contribution in [3.05, 3.63) is 17.5 Å². The van der Waals surface area contributed by atoms with Gasteiger partial charge >= 0.3 is 0 Å². The molecule has 25 heavy (non-hydrogen) atoms. The molecule has 0 aromatic carbocycles. The Kier molecular flexibility index (Phi) is 6.14. The van der Waals surface area contributed by atoms with Gasteiger partial charge in [-0.2, -0.15) is 5.10 Å². The van der Waals surface area contributed by atoms with E-state index in [0.717, 1.165) is 50.8 Å². The van der Waals surface area contributed by atoms with Crippen LogP contribution in [0.2, 0.25) is 0 Å². The Hall–Kier alpha value is -0.960. The highest BCUT2D eigenvalue weighted by molar-refractivity contribution is 7.88. The SMILES string of the molecule is CCN1CCCC(CN2CCCn3nc(CNS(C)(=O)=O)cc3C2)C1. The Balaban J connectivity index is 1.59. The van der Waals surface area contributed by atoms with Crippen LogP contribution in [0.1, 0.15) is 37.6 Å². The predicted octanol–water partition coefficient (Wildman–Crippen LogP) is 0.870. The molecule has 1 aromatic heterocycles. The molecule has 0 aliphatic carbocycles. The smallest absolute Gasteiger partial charge is 0.209 e. The summed E-state index contributed by atoms with van der Waals surface area (Å²) in [6, 6.07) is 2.05. The van der Waals surface area contributed by atoms with E-state index in [-0.39, 0.29) is 6.54 Å². The Morgan fingerprint density at radius 1 is 1.24 bits per heavy atom. The van der Waals surface area contributed by atoms with Gasteiger partial charge in [0.25, 0.3) is 0 Å². The molecular formula is C17H31N5O2S. The molecule has 1 N–H and O–H groups in total. The third kappa shape index (κ3) is 5.51. The molecular weight excluding hydrogens is 338 g/mol. The molecule has 2 aliphatic rings. The highest BCUT2D eigenvalue weighted by Gasteiger charge is 2.23. The Morgan fingerprint density at radius 2 is 2.04 bits per heavy atom. The molecule has 3 rings (SSSR count). The minimum Gasteiger partial charge on any atom is -0.303 e. The first-order valence-corrected chi connectivity index (χ1v) is 11.3. The van der Waals surface area contributed by atoms with Gasteiger partial charge in [-0.25, -0.2) is 13.1 Å². The number of aromatic nitrogens is 2. The molecule has 1 unspecified atom stereocenters. The molecule has 1 atom stereocenters. The molecule has 142 valence electrons. The van der Waals surface area contributed by atoms with E-state index < -0.39 is 10.0 Å². The van der Waals surface area contributed by atoms with Crippen molar-refractivity contribution in [1.82, 2.24) is 24.3 Å². The fourth-order valence-corrected chi connectivity index (χ4v) is 4.40. The van der Waals surface area contributed by atoms with E-state index in [9.17, 15) is 8.42 Å². The van der Waals surface area contributed by atoms with E-state index in [4.69, 9.17) is 0 Å². The summed E-state index contributed by atoms with van der Waals surface area (Å²) in [4.78, 5) is 5.11.